The average molecular weight is 514 g/mol. The molecule has 0 aliphatic rings. The van der Waals surface area contributed by atoms with Crippen LogP contribution in [0.5, 0.6) is 5.75 Å². The maximum Gasteiger partial charge on any atom is 0.306 e. The van der Waals surface area contributed by atoms with Crippen LogP contribution in [0.4, 0.5) is 4.39 Å². The van der Waals surface area contributed by atoms with Gasteiger partial charge in [0.2, 0.25) is 0 Å². The van der Waals surface area contributed by atoms with Crippen LogP contribution >= 0.6 is 0 Å². The molecule has 4 aromatic rings. The maximum atomic E-state index is 14.7. The first-order chi connectivity index (χ1) is 18.2. The fraction of sp³-hybridized carbons (Fsp3) is 0.303. The molecule has 0 aliphatic carbocycles. The molecule has 4 rings (SSSR count). The fourth-order valence-electron chi connectivity index (χ4n) is 4.79. The zero-order valence-electron chi connectivity index (χ0n) is 22.8. The number of hydrogen-bond donors (Lipinski definition) is 1. The van der Waals surface area contributed by atoms with Gasteiger partial charge in [-0.25, -0.2) is 4.39 Å². The minimum Gasteiger partial charge on any atom is -0.497 e. The summed E-state index contributed by atoms with van der Waals surface area (Å²) in [5.41, 5.74) is 4.75. The first-order valence-electron chi connectivity index (χ1n) is 13.2. The summed E-state index contributed by atoms with van der Waals surface area (Å²) in [5.74, 6) is 0.206. The Bertz CT molecular complexity index is 1410. The fourth-order valence-corrected chi connectivity index (χ4v) is 4.79. The summed E-state index contributed by atoms with van der Waals surface area (Å²) in [6, 6.07) is 26.1. The van der Waals surface area contributed by atoms with Crippen LogP contribution in [0.1, 0.15) is 62.9 Å². The molecule has 1 N–H and O–H groups in total. The molecule has 1 unspecified atom stereocenters. The summed E-state index contributed by atoms with van der Waals surface area (Å²) in [6.45, 7) is 7.92. The molecule has 4 aromatic carbocycles. The van der Waals surface area contributed by atoms with Gasteiger partial charge in [0.05, 0.1) is 13.2 Å². The molecule has 0 radical (unpaired) electrons. The molecule has 0 bridgehead atoms. The van der Waals surface area contributed by atoms with E-state index in [0.29, 0.717) is 12.0 Å². The van der Waals surface area contributed by atoms with Crippen LogP contribution in [0.3, 0.4) is 0 Å². The second-order valence-electron chi connectivity index (χ2n) is 10.0. The predicted molar refractivity (Wildman–Crippen MR) is 152 cm³/mol. The third-order valence-electron chi connectivity index (χ3n) is 6.80. The maximum absolute atomic E-state index is 14.7. The van der Waals surface area contributed by atoms with E-state index in [1.54, 1.807) is 7.11 Å². The van der Waals surface area contributed by atoms with Gasteiger partial charge < -0.3 is 14.8 Å². The molecule has 0 amide bonds. The monoisotopic (exact) mass is 513 g/mol. The zero-order chi connectivity index (χ0) is 27.2. The Hall–Kier alpha value is -3.70. The largest absolute Gasteiger partial charge is 0.497 e. The van der Waals surface area contributed by atoms with Gasteiger partial charge in [0, 0.05) is 18.5 Å². The van der Waals surface area contributed by atoms with Crippen LogP contribution in [0, 0.1) is 5.82 Å². The standard InChI is InChI=1S/C33H36FNO3/c1-21(2)38-33(36)16-14-27-17-26(13-15-32(27)34)31-20-28(18-25-9-6-7-12-30(25)31)23(4)35-22(3)24-10-8-11-29(19-24)37-5/h6-13,15,17-23,35H,14,16H2,1-5H3/t22-,23?/m1/s1. The third kappa shape index (κ3) is 6.59. The molecular formula is C33H36FNO3. The highest BCUT2D eigenvalue weighted by Gasteiger charge is 2.16. The van der Waals surface area contributed by atoms with Crippen molar-refractivity contribution < 1.29 is 18.7 Å². The SMILES string of the molecule is COc1cccc([C@@H](C)NC(C)c2cc(-c3ccc(F)c(CCC(=O)OC(C)C)c3)c3ccccc3c2)c1. The molecule has 0 saturated heterocycles. The van der Waals surface area contributed by atoms with Gasteiger partial charge in [-0.1, -0.05) is 42.5 Å². The van der Waals surface area contributed by atoms with Crippen molar-refractivity contribution in [2.24, 2.45) is 0 Å². The van der Waals surface area contributed by atoms with Gasteiger partial charge >= 0.3 is 5.97 Å². The molecule has 38 heavy (non-hydrogen) atoms. The number of carbonyl (C=O) groups excluding carboxylic acids is 1. The minimum atomic E-state index is -0.317. The number of methoxy groups -OCH3 is 1. The number of esters is 1. The Labute approximate surface area is 224 Å². The van der Waals surface area contributed by atoms with Crippen LogP contribution in [-0.2, 0) is 16.0 Å². The molecule has 4 nitrogen and oxygen atoms in total. The number of ether oxygens (including phenoxy) is 2. The lowest BCUT2D eigenvalue weighted by Gasteiger charge is -2.22. The Morgan fingerprint density at radius 2 is 1.63 bits per heavy atom. The Balaban J connectivity index is 1.64. The van der Waals surface area contributed by atoms with Gasteiger partial charge in [-0.3, -0.25) is 4.79 Å². The number of nitrogens with one attached hydrogen (secondary N) is 1. The van der Waals surface area contributed by atoms with Gasteiger partial charge in [-0.15, -0.1) is 0 Å². The molecule has 0 spiro atoms. The van der Waals surface area contributed by atoms with Crippen molar-refractivity contribution in [3.63, 3.8) is 0 Å². The van der Waals surface area contributed by atoms with E-state index in [1.807, 2.05) is 56.3 Å². The van der Waals surface area contributed by atoms with Gasteiger partial charge in [0.15, 0.2) is 0 Å². The van der Waals surface area contributed by atoms with Crippen LogP contribution < -0.4 is 10.1 Å². The Morgan fingerprint density at radius 3 is 2.39 bits per heavy atom. The summed E-state index contributed by atoms with van der Waals surface area (Å²) >= 11 is 0. The molecule has 0 heterocycles. The van der Waals surface area contributed by atoms with E-state index < -0.39 is 0 Å². The molecule has 198 valence electrons. The van der Waals surface area contributed by atoms with Crippen LogP contribution in [0.25, 0.3) is 21.9 Å². The number of hydrogen-bond acceptors (Lipinski definition) is 4. The van der Waals surface area contributed by atoms with Gasteiger partial charge in [-0.2, -0.15) is 0 Å². The normalized spacial score (nSPS) is 12.9. The van der Waals surface area contributed by atoms with E-state index in [4.69, 9.17) is 9.47 Å². The summed E-state index contributed by atoms with van der Waals surface area (Å²) < 4.78 is 25.3. The van der Waals surface area contributed by atoms with E-state index in [-0.39, 0.29) is 36.4 Å². The van der Waals surface area contributed by atoms with Gasteiger partial charge in [0.1, 0.15) is 11.6 Å². The van der Waals surface area contributed by atoms with E-state index in [9.17, 15) is 9.18 Å². The van der Waals surface area contributed by atoms with Crippen molar-refractivity contribution in [3.8, 4) is 16.9 Å². The number of carbonyl (C=O) groups is 1. The van der Waals surface area contributed by atoms with Crippen molar-refractivity contribution in [1.82, 2.24) is 5.32 Å². The first kappa shape index (κ1) is 27.3. The van der Waals surface area contributed by atoms with Gasteiger partial charge in [-0.05, 0) is 109 Å². The second kappa shape index (κ2) is 12.2. The number of fused-ring (bicyclic) bond motifs is 1. The van der Waals surface area contributed by atoms with E-state index >= 15 is 0 Å². The summed E-state index contributed by atoms with van der Waals surface area (Å²) in [7, 11) is 1.68. The van der Waals surface area contributed by atoms with Crippen LogP contribution in [0.15, 0.2) is 78.9 Å². The Kier molecular flexibility index (Phi) is 8.80. The highest BCUT2D eigenvalue weighted by Crippen LogP contribution is 2.34. The minimum absolute atomic E-state index is 0.0604. The number of benzene rings is 4. The van der Waals surface area contributed by atoms with Gasteiger partial charge in [0.25, 0.3) is 0 Å². The zero-order valence-corrected chi connectivity index (χ0v) is 22.8. The summed E-state index contributed by atoms with van der Waals surface area (Å²) in [5, 5.41) is 5.93. The predicted octanol–water partition coefficient (Wildman–Crippen LogP) is 7.95. The molecule has 5 heteroatoms. The highest BCUT2D eigenvalue weighted by atomic mass is 19.1. The average Bonchev–Trinajstić information content (AvgIpc) is 2.91. The molecule has 0 saturated carbocycles. The van der Waals surface area contributed by atoms with Crippen LogP contribution in [-0.4, -0.2) is 19.2 Å². The van der Waals surface area contributed by atoms with Crippen molar-refractivity contribution in [3.05, 3.63) is 101 Å². The molecule has 0 fully saturated rings. The molecule has 0 aliphatic heterocycles. The Morgan fingerprint density at radius 1 is 0.868 bits per heavy atom. The topological polar surface area (TPSA) is 47.6 Å². The van der Waals surface area contributed by atoms with E-state index in [0.717, 1.165) is 38.8 Å². The van der Waals surface area contributed by atoms with Crippen molar-refractivity contribution >= 4 is 16.7 Å². The van der Waals surface area contributed by atoms with Crippen molar-refractivity contribution in [2.45, 2.75) is 58.7 Å². The van der Waals surface area contributed by atoms with Crippen molar-refractivity contribution in [2.75, 3.05) is 7.11 Å². The summed E-state index contributed by atoms with van der Waals surface area (Å²) in [4.78, 5) is 12.1. The summed E-state index contributed by atoms with van der Waals surface area (Å²) in [6.07, 6.45) is 0.247. The van der Waals surface area contributed by atoms with Crippen LogP contribution in [0.2, 0.25) is 0 Å². The lowest BCUT2D eigenvalue weighted by molar-refractivity contribution is -0.147. The van der Waals surface area contributed by atoms with E-state index in [2.05, 4.69) is 49.5 Å². The van der Waals surface area contributed by atoms with E-state index in [1.165, 1.54) is 6.07 Å². The molecular weight excluding hydrogens is 477 g/mol. The third-order valence-corrected chi connectivity index (χ3v) is 6.80. The molecule has 2 atom stereocenters. The number of rotatable bonds is 10. The van der Waals surface area contributed by atoms with Crippen molar-refractivity contribution in [1.29, 1.82) is 0 Å². The highest BCUT2D eigenvalue weighted by molar-refractivity contribution is 5.97. The smallest absolute Gasteiger partial charge is 0.306 e. The second-order valence-corrected chi connectivity index (χ2v) is 10.0. The lowest BCUT2D eigenvalue weighted by Crippen LogP contribution is -2.22. The molecule has 0 aromatic heterocycles. The first-order valence-corrected chi connectivity index (χ1v) is 13.2. The number of halogens is 1. The lowest BCUT2D eigenvalue weighted by atomic mass is 9.92. The number of aryl methyl sites for hydroxylation is 1. The quantitative estimate of drug-likeness (QED) is 0.219.